The monoisotopic (exact) mass is 430 g/mol. The first-order valence-electron chi connectivity index (χ1n) is 9.14. The van der Waals surface area contributed by atoms with E-state index in [0.717, 1.165) is 11.1 Å². The van der Waals surface area contributed by atoms with Crippen LogP contribution in [0.15, 0.2) is 72.8 Å². The van der Waals surface area contributed by atoms with Crippen LogP contribution in [-0.2, 0) is 19.1 Å². The quantitative estimate of drug-likeness (QED) is 0.338. The summed E-state index contributed by atoms with van der Waals surface area (Å²) in [6.45, 7) is 0.125. The lowest BCUT2D eigenvalue weighted by Crippen LogP contribution is -2.08. The van der Waals surface area contributed by atoms with Gasteiger partial charge >= 0.3 is 11.9 Å². The second kappa shape index (κ2) is 9.77. The SMILES string of the molecule is O=C(/C=C/c1ccccc1)OCC1C(COC(=O)/C=C/c2ccccc2)C1(Cl)Cl. The van der Waals surface area contributed by atoms with E-state index in [-0.39, 0.29) is 25.0 Å². The van der Waals surface area contributed by atoms with E-state index in [2.05, 4.69) is 0 Å². The number of alkyl halides is 2. The molecular weight excluding hydrogens is 411 g/mol. The fourth-order valence-corrected chi connectivity index (χ4v) is 3.55. The molecule has 1 saturated carbocycles. The Hall–Kier alpha value is -2.56. The number of hydrogen-bond acceptors (Lipinski definition) is 4. The maximum absolute atomic E-state index is 11.9. The first kappa shape index (κ1) is 21.2. The van der Waals surface area contributed by atoms with Crippen molar-refractivity contribution in [2.24, 2.45) is 11.8 Å². The minimum Gasteiger partial charge on any atom is -0.462 e. The van der Waals surface area contributed by atoms with Crippen molar-refractivity contribution in [3.8, 4) is 0 Å². The first-order chi connectivity index (χ1) is 14.0. The van der Waals surface area contributed by atoms with E-state index in [0.29, 0.717) is 0 Å². The van der Waals surface area contributed by atoms with E-state index in [1.165, 1.54) is 12.2 Å². The summed E-state index contributed by atoms with van der Waals surface area (Å²) in [5.74, 6) is -1.53. The van der Waals surface area contributed by atoms with Crippen molar-refractivity contribution in [1.82, 2.24) is 0 Å². The molecule has 2 aromatic carbocycles. The topological polar surface area (TPSA) is 52.6 Å². The van der Waals surface area contributed by atoms with Crippen molar-refractivity contribution in [3.63, 3.8) is 0 Å². The van der Waals surface area contributed by atoms with Gasteiger partial charge in [0.2, 0.25) is 0 Å². The normalized spacial score (nSPS) is 19.9. The zero-order valence-electron chi connectivity index (χ0n) is 15.5. The number of carbonyl (C=O) groups is 2. The standard InChI is InChI=1S/C23H20Cl2O4/c24-23(25)19(15-28-21(26)13-11-17-7-3-1-4-8-17)20(23)16-29-22(27)14-12-18-9-5-2-6-10-18/h1-14,19-20H,15-16H2/b13-11+,14-12+. The molecule has 0 aliphatic heterocycles. The van der Waals surface area contributed by atoms with Gasteiger partial charge in [0.1, 0.15) is 4.33 Å². The third-order valence-corrected chi connectivity index (χ3v) is 5.72. The van der Waals surface area contributed by atoms with E-state index in [1.807, 2.05) is 60.7 Å². The molecule has 1 aliphatic carbocycles. The molecule has 2 unspecified atom stereocenters. The van der Waals surface area contributed by atoms with Gasteiger partial charge in [-0.05, 0) is 23.3 Å². The number of esters is 2. The molecule has 0 bridgehead atoms. The molecule has 0 amide bonds. The lowest BCUT2D eigenvalue weighted by Gasteiger charge is -2.02. The van der Waals surface area contributed by atoms with Gasteiger partial charge in [-0.3, -0.25) is 0 Å². The second-order valence-electron chi connectivity index (χ2n) is 6.64. The summed E-state index contributed by atoms with van der Waals surface area (Å²) in [4.78, 5) is 23.7. The van der Waals surface area contributed by atoms with Crippen LogP contribution < -0.4 is 0 Å². The summed E-state index contributed by atoms with van der Waals surface area (Å²) in [7, 11) is 0. The molecule has 6 heteroatoms. The molecule has 3 rings (SSSR count). The van der Waals surface area contributed by atoms with Crippen molar-refractivity contribution in [1.29, 1.82) is 0 Å². The average Bonchev–Trinajstić information content (AvgIpc) is 3.27. The molecule has 0 saturated heterocycles. The lowest BCUT2D eigenvalue weighted by molar-refractivity contribution is -0.140. The third kappa shape index (κ3) is 6.21. The van der Waals surface area contributed by atoms with Crippen molar-refractivity contribution < 1.29 is 19.1 Å². The predicted octanol–water partition coefficient (Wildman–Crippen LogP) is 4.92. The van der Waals surface area contributed by atoms with Gasteiger partial charge in [-0.1, -0.05) is 60.7 Å². The maximum atomic E-state index is 11.9. The highest BCUT2D eigenvalue weighted by Gasteiger charge is 2.64. The van der Waals surface area contributed by atoms with Gasteiger partial charge in [0.15, 0.2) is 0 Å². The lowest BCUT2D eigenvalue weighted by atomic mass is 10.2. The molecule has 0 aromatic heterocycles. The number of ether oxygens (including phenoxy) is 2. The van der Waals surface area contributed by atoms with Crippen LogP contribution in [0, 0.1) is 11.8 Å². The van der Waals surface area contributed by atoms with Gasteiger partial charge in [-0.15, -0.1) is 23.2 Å². The number of hydrogen-bond donors (Lipinski definition) is 0. The van der Waals surface area contributed by atoms with Crippen molar-refractivity contribution in [2.45, 2.75) is 4.33 Å². The minimum atomic E-state index is -1.08. The fourth-order valence-electron chi connectivity index (χ4n) is 2.81. The Balaban J connectivity index is 1.41. The number of rotatable bonds is 8. The highest BCUT2D eigenvalue weighted by Crippen LogP contribution is 2.59. The van der Waals surface area contributed by atoms with Crippen LogP contribution >= 0.6 is 23.2 Å². The van der Waals surface area contributed by atoms with Crippen molar-refractivity contribution in [3.05, 3.63) is 83.9 Å². The average molecular weight is 431 g/mol. The fraction of sp³-hybridized carbons (Fsp3) is 0.217. The smallest absolute Gasteiger partial charge is 0.330 e. The molecule has 4 nitrogen and oxygen atoms in total. The van der Waals surface area contributed by atoms with Crippen LogP contribution in [0.2, 0.25) is 0 Å². The van der Waals surface area contributed by atoms with Crippen LogP contribution in [0.4, 0.5) is 0 Å². The molecule has 1 fully saturated rings. The van der Waals surface area contributed by atoms with Gasteiger partial charge in [-0.2, -0.15) is 0 Å². The molecular formula is C23H20Cl2O4. The van der Waals surface area contributed by atoms with Crippen LogP contribution in [0.5, 0.6) is 0 Å². The summed E-state index contributed by atoms with van der Waals surface area (Å²) in [5.41, 5.74) is 1.79. The number of benzene rings is 2. The van der Waals surface area contributed by atoms with Gasteiger partial charge in [0.05, 0.1) is 13.2 Å². The Morgan fingerprint density at radius 1 is 0.759 bits per heavy atom. The molecule has 29 heavy (non-hydrogen) atoms. The summed E-state index contributed by atoms with van der Waals surface area (Å²) in [6, 6.07) is 18.8. The molecule has 0 N–H and O–H groups in total. The third-order valence-electron chi connectivity index (χ3n) is 4.60. The van der Waals surface area contributed by atoms with Gasteiger partial charge in [-0.25, -0.2) is 9.59 Å². The Labute approximate surface area is 179 Å². The van der Waals surface area contributed by atoms with E-state index < -0.39 is 16.3 Å². The van der Waals surface area contributed by atoms with E-state index in [9.17, 15) is 9.59 Å². The Morgan fingerprint density at radius 2 is 1.14 bits per heavy atom. The van der Waals surface area contributed by atoms with Crippen LogP contribution in [0.25, 0.3) is 12.2 Å². The second-order valence-corrected chi connectivity index (χ2v) is 8.08. The van der Waals surface area contributed by atoms with Crippen molar-refractivity contribution in [2.75, 3.05) is 13.2 Å². The minimum absolute atomic E-state index is 0.0625. The molecule has 150 valence electrons. The Bertz CT molecular complexity index is 818. The highest BCUT2D eigenvalue weighted by atomic mass is 35.5. The van der Waals surface area contributed by atoms with Crippen LogP contribution in [0.3, 0.4) is 0 Å². The van der Waals surface area contributed by atoms with E-state index in [1.54, 1.807) is 12.2 Å². The van der Waals surface area contributed by atoms with E-state index in [4.69, 9.17) is 32.7 Å². The van der Waals surface area contributed by atoms with Gasteiger partial charge < -0.3 is 9.47 Å². The van der Waals surface area contributed by atoms with E-state index >= 15 is 0 Å². The molecule has 0 radical (unpaired) electrons. The molecule has 2 aromatic rings. The highest BCUT2D eigenvalue weighted by molar-refractivity contribution is 6.51. The predicted molar refractivity (Wildman–Crippen MR) is 114 cm³/mol. The molecule has 0 heterocycles. The first-order valence-corrected chi connectivity index (χ1v) is 9.90. The van der Waals surface area contributed by atoms with Gasteiger partial charge in [0.25, 0.3) is 0 Å². The summed E-state index contributed by atoms with van der Waals surface area (Å²) in [5, 5.41) is 0. The van der Waals surface area contributed by atoms with Crippen molar-refractivity contribution >= 4 is 47.3 Å². The molecule has 2 atom stereocenters. The van der Waals surface area contributed by atoms with Crippen LogP contribution in [-0.4, -0.2) is 29.5 Å². The summed E-state index contributed by atoms with van der Waals surface area (Å²) >= 11 is 12.5. The zero-order valence-corrected chi connectivity index (χ0v) is 17.1. The molecule has 0 spiro atoms. The summed E-state index contributed by atoms with van der Waals surface area (Å²) < 4.78 is 9.36. The van der Waals surface area contributed by atoms with Crippen LogP contribution in [0.1, 0.15) is 11.1 Å². The number of carbonyl (C=O) groups excluding carboxylic acids is 2. The Morgan fingerprint density at radius 3 is 1.52 bits per heavy atom. The van der Waals surface area contributed by atoms with Gasteiger partial charge in [0, 0.05) is 24.0 Å². The maximum Gasteiger partial charge on any atom is 0.330 e. The summed E-state index contributed by atoms with van der Waals surface area (Å²) in [6.07, 6.45) is 6.04. The number of halogens is 2. The Kier molecular flexibility index (Phi) is 7.13. The largest absolute Gasteiger partial charge is 0.462 e. The zero-order chi connectivity index (χ0) is 20.7. The molecule has 1 aliphatic rings.